The molecule has 0 saturated heterocycles. The zero-order valence-electron chi connectivity index (χ0n) is 16.1. The number of rotatable bonds is 5. The zero-order chi connectivity index (χ0) is 20.7. The van der Waals surface area contributed by atoms with Crippen LogP contribution in [0.2, 0.25) is 0 Å². The van der Waals surface area contributed by atoms with E-state index in [-0.39, 0.29) is 17.0 Å². The first-order valence-electron chi connectivity index (χ1n) is 9.41. The average Bonchev–Trinajstić information content (AvgIpc) is 3.52. The van der Waals surface area contributed by atoms with Crippen molar-refractivity contribution in [2.45, 2.75) is 12.5 Å². The van der Waals surface area contributed by atoms with Crippen molar-refractivity contribution in [1.82, 2.24) is 19.7 Å². The number of H-pyrrole nitrogens is 2. The van der Waals surface area contributed by atoms with E-state index in [2.05, 4.69) is 32.7 Å². The van der Waals surface area contributed by atoms with Crippen LogP contribution in [-0.4, -0.2) is 32.8 Å². The predicted octanol–water partition coefficient (Wildman–Crippen LogP) is 3.84. The van der Waals surface area contributed by atoms with E-state index in [4.69, 9.17) is 4.74 Å². The number of hydrogen-bond donors (Lipinski definition) is 2. The summed E-state index contributed by atoms with van der Waals surface area (Å²) in [6.45, 7) is 0.549. The minimum absolute atomic E-state index is 0.0381. The van der Waals surface area contributed by atoms with E-state index in [0.717, 1.165) is 16.5 Å². The number of esters is 1. The lowest BCUT2D eigenvalue weighted by Gasteiger charge is -2.19. The molecule has 30 heavy (non-hydrogen) atoms. The van der Waals surface area contributed by atoms with E-state index in [0.29, 0.717) is 17.8 Å². The molecule has 2 aromatic heterocycles. The molecule has 1 unspecified atom stereocenters. The normalized spacial score (nSPS) is 12.4. The van der Waals surface area contributed by atoms with Crippen molar-refractivity contribution in [1.29, 1.82) is 0 Å². The number of ether oxygens (including phenoxy) is 1. The van der Waals surface area contributed by atoms with E-state index >= 15 is 0 Å². The summed E-state index contributed by atoms with van der Waals surface area (Å²) in [4.78, 5) is 29.1. The molecule has 8 heteroatoms. The molecule has 0 amide bonds. The minimum Gasteiger partial charge on any atom is -0.465 e. The van der Waals surface area contributed by atoms with E-state index in [1.165, 1.54) is 12.0 Å². The number of methoxy groups -OCH3 is 1. The Bertz CT molecular complexity index is 1360. The average molecular weight is 418 g/mol. The van der Waals surface area contributed by atoms with Crippen molar-refractivity contribution in [3.8, 4) is 11.3 Å². The van der Waals surface area contributed by atoms with Gasteiger partial charge in [-0.05, 0) is 23.1 Å². The molecule has 0 aliphatic carbocycles. The van der Waals surface area contributed by atoms with Gasteiger partial charge in [0.05, 0.1) is 12.7 Å². The molecule has 0 bridgehead atoms. The summed E-state index contributed by atoms with van der Waals surface area (Å²) >= 11 is 1.68. The highest BCUT2D eigenvalue weighted by atomic mass is 32.1. The molecule has 7 nitrogen and oxygen atoms in total. The van der Waals surface area contributed by atoms with E-state index in [1.807, 2.05) is 35.0 Å². The quantitative estimate of drug-likeness (QED) is 0.424. The van der Waals surface area contributed by atoms with Gasteiger partial charge < -0.3 is 14.3 Å². The van der Waals surface area contributed by atoms with Crippen molar-refractivity contribution in [3.05, 3.63) is 86.7 Å². The highest BCUT2D eigenvalue weighted by molar-refractivity contribution is 7.10. The Hall–Kier alpha value is -3.65. The fourth-order valence-corrected chi connectivity index (χ4v) is 4.72. The number of aromatic amines is 2. The van der Waals surface area contributed by atoms with Crippen LogP contribution < -0.4 is 5.56 Å². The Morgan fingerprint density at radius 1 is 1.23 bits per heavy atom. The lowest BCUT2D eigenvalue weighted by Crippen LogP contribution is -2.15. The van der Waals surface area contributed by atoms with Crippen LogP contribution >= 0.6 is 11.3 Å². The second-order valence-electron chi connectivity index (χ2n) is 7.03. The van der Waals surface area contributed by atoms with Gasteiger partial charge in [-0.2, -0.15) is 5.10 Å². The number of aromatic nitrogens is 4. The van der Waals surface area contributed by atoms with Gasteiger partial charge in [0.15, 0.2) is 0 Å². The Morgan fingerprint density at radius 2 is 2.10 bits per heavy atom. The van der Waals surface area contributed by atoms with Crippen molar-refractivity contribution in [3.63, 3.8) is 0 Å². The lowest BCUT2D eigenvalue weighted by molar-refractivity contribution is 0.0600. The smallest absolute Gasteiger partial charge is 0.341 e. The minimum atomic E-state index is -0.527. The number of para-hydroxylation sites is 1. The molecular weight excluding hydrogens is 400 g/mol. The molecule has 2 N–H and O–H groups in total. The van der Waals surface area contributed by atoms with Gasteiger partial charge in [0, 0.05) is 46.8 Å². The molecule has 150 valence electrons. The van der Waals surface area contributed by atoms with Crippen LogP contribution in [0.25, 0.3) is 22.2 Å². The van der Waals surface area contributed by atoms with Crippen LogP contribution in [0, 0.1) is 0 Å². The van der Waals surface area contributed by atoms with E-state index in [9.17, 15) is 9.59 Å². The number of carbonyl (C=O) groups excluding carboxylic acids is 1. The molecular formula is C22H18N4O3S. The summed E-state index contributed by atoms with van der Waals surface area (Å²) in [7, 11) is 1.32. The predicted molar refractivity (Wildman–Crippen MR) is 115 cm³/mol. The summed E-state index contributed by atoms with van der Waals surface area (Å²) in [5.41, 5.74) is 2.85. The number of benzene rings is 1. The molecule has 3 aromatic rings. The van der Waals surface area contributed by atoms with Gasteiger partial charge in [-0.15, -0.1) is 11.3 Å². The van der Waals surface area contributed by atoms with Gasteiger partial charge in [0.25, 0.3) is 5.56 Å². The summed E-state index contributed by atoms with van der Waals surface area (Å²) in [6, 6.07) is 12.3. The third-order valence-corrected chi connectivity index (χ3v) is 6.28. The summed E-state index contributed by atoms with van der Waals surface area (Å²) in [5, 5.41) is 9.62. The van der Waals surface area contributed by atoms with Gasteiger partial charge in [-0.25, -0.2) is 9.89 Å². The Kier molecular flexibility index (Phi) is 4.48. The molecule has 2 aliphatic heterocycles. The third kappa shape index (κ3) is 3.02. The molecule has 0 saturated carbocycles. The number of fused-ring (bicyclic) bond motifs is 2. The number of thiophene rings is 1. The van der Waals surface area contributed by atoms with Crippen LogP contribution in [-0.2, 0) is 11.3 Å². The molecule has 1 aromatic carbocycles. The maximum Gasteiger partial charge on any atom is 0.341 e. The first-order valence-corrected chi connectivity index (χ1v) is 10.3. The van der Waals surface area contributed by atoms with Gasteiger partial charge in [0.1, 0.15) is 11.3 Å². The van der Waals surface area contributed by atoms with Crippen LogP contribution in [0.5, 0.6) is 0 Å². The SMILES string of the molecule is COC(=O)c1cn(CC(c2cccs2)c2c[nH]c3ccccc23)cc2c(=O)[nH]nc1-2. The highest BCUT2D eigenvalue weighted by Gasteiger charge is 2.24. The topological polar surface area (TPSA) is 92.8 Å². The summed E-state index contributed by atoms with van der Waals surface area (Å²) in [5.74, 6) is -0.489. The van der Waals surface area contributed by atoms with Gasteiger partial charge in [-0.3, -0.25) is 4.79 Å². The molecule has 5 rings (SSSR count). The third-order valence-electron chi connectivity index (χ3n) is 5.30. The van der Waals surface area contributed by atoms with Gasteiger partial charge >= 0.3 is 5.97 Å². The largest absolute Gasteiger partial charge is 0.465 e. The van der Waals surface area contributed by atoms with Gasteiger partial charge in [-0.1, -0.05) is 24.3 Å². The standard InChI is InChI=1S/C22H18N4O3S/c1-29-22(28)17-12-26(11-16-20(17)24-25-21(16)27)10-15(19-7-4-8-30-19)14-9-23-18-6-3-2-5-13(14)18/h2-9,11-12,15,23H,10H2,1H3,(H,25,27). The summed E-state index contributed by atoms with van der Waals surface area (Å²) in [6.07, 6.45) is 5.47. The second kappa shape index (κ2) is 7.31. The monoisotopic (exact) mass is 418 g/mol. The fraction of sp³-hybridized carbons (Fsp3) is 0.136. The fourth-order valence-electron chi connectivity index (χ4n) is 3.88. The van der Waals surface area contributed by atoms with E-state index < -0.39 is 5.97 Å². The molecule has 1 atom stereocenters. The second-order valence-corrected chi connectivity index (χ2v) is 8.01. The van der Waals surface area contributed by atoms with Crippen molar-refractivity contribution in [2.75, 3.05) is 7.11 Å². The van der Waals surface area contributed by atoms with Crippen LogP contribution in [0.1, 0.15) is 26.7 Å². The summed E-state index contributed by atoms with van der Waals surface area (Å²) < 4.78 is 6.78. The maximum absolute atomic E-state index is 12.3. The van der Waals surface area contributed by atoms with Crippen LogP contribution in [0.4, 0.5) is 0 Å². The Morgan fingerprint density at radius 3 is 2.90 bits per heavy atom. The lowest BCUT2D eigenvalue weighted by atomic mass is 9.96. The Labute approximate surface area is 175 Å². The van der Waals surface area contributed by atoms with Crippen LogP contribution in [0.3, 0.4) is 0 Å². The van der Waals surface area contributed by atoms with Gasteiger partial charge in [0.2, 0.25) is 0 Å². The van der Waals surface area contributed by atoms with Crippen molar-refractivity contribution in [2.24, 2.45) is 0 Å². The number of carbonyl (C=O) groups is 1. The first kappa shape index (κ1) is 18.4. The van der Waals surface area contributed by atoms with Crippen LogP contribution in [0.15, 0.2) is 65.2 Å². The number of nitrogens with zero attached hydrogens (tertiary/aromatic N) is 2. The highest BCUT2D eigenvalue weighted by Crippen LogP contribution is 2.35. The number of pyridine rings is 1. The van der Waals surface area contributed by atoms with Crippen molar-refractivity contribution < 1.29 is 9.53 Å². The number of nitrogens with one attached hydrogen (secondary N) is 2. The maximum atomic E-state index is 12.3. The number of hydrogen-bond acceptors (Lipinski definition) is 5. The molecule has 0 fully saturated rings. The molecule has 0 spiro atoms. The molecule has 4 heterocycles. The first-order chi connectivity index (χ1) is 14.7. The van der Waals surface area contributed by atoms with E-state index in [1.54, 1.807) is 23.7 Å². The Balaban J connectivity index is 1.65. The molecule has 0 radical (unpaired) electrons. The van der Waals surface area contributed by atoms with Crippen molar-refractivity contribution >= 4 is 28.2 Å². The zero-order valence-corrected chi connectivity index (χ0v) is 16.9. The molecule has 2 aliphatic rings.